The highest BCUT2D eigenvalue weighted by atomic mass is 32.2. The van der Waals surface area contributed by atoms with Gasteiger partial charge in [-0.3, -0.25) is 0 Å². The van der Waals surface area contributed by atoms with E-state index >= 15 is 0 Å². The Balaban J connectivity index is 1.64. The summed E-state index contributed by atoms with van der Waals surface area (Å²) in [5, 5.41) is 1.87. The first-order valence-corrected chi connectivity index (χ1v) is 10.6. The van der Waals surface area contributed by atoms with Gasteiger partial charge in [-0.25, -0.2) is 8.42 Å². The highest BCUT2D eigenvalue weighted by Crippen LogP contribution is 2.35. The van der Waals surface area contributed by atoms with Crippen molar-refractivity contribution in [2.24, 2.45) is 0 Å². The highest BCUT2D eigenvalue weighted by molar-refractivity contribution is 7.91. The Bertz CT molecular complexity index is 1260. The largest absolute Gasteiger partial charge is 0.496 e. The first kappa shape index (κ1) is 19.0. The molecule has 146 valence electrons. The Morgan fingerprint density at radius 3 is 1.76 bits per heavy atom. The summed E-state index contributed by atoms with van der Waals surface area (Å²) in [6.07, 6.45) is 0. The molecule has 0 aliphatic rings. The standard InChI is InChI=1S/C24H20O4S/c1-17-9-13-19(14-10-17)29(25,26)20-15-11-18(12-16-20)28-24-8-4-5-21-22(24)6-3-7-23(21)27-2/h3-16H,1-2H3. The maximum atomic E-state index is 12.8. The monoisotopic (exact) mass is 404 g/mol. The van der Waals surface area contributed by atoms with E-state index in [1.54, 1.807) is 55.6 Å². The molecule has 0 heterocycles. The van der Waals surface area contributed by atoms with E-state index in [2.05, 4.69) is 0 Å². The van der Waals surface area contributed by atoms with E-state index in [0.29, 0.717) is 11.5 Å². The van der Waals surface area contributed by atoms with Crippen molar-refractivity contribution in [2.45, 2.75) is 16.7 Å². The molecule has 0 aliphatic carbocycles. The topological polar surface area (TPSA) is 52.6 Å². The number of rotatable bonds is 5. The van der Waals surface area contributed by atoms with Crippen molar-refractivity contribution in [3.63, 3.8) is 0 Å². The van der Waals surface area contributed by atoms with Gasteiger partial charge in [0.05, 0.1) is 16.9 Å². The molecule has 4 aromatic rings. The summed E-state index contributed by atoms with van der Waals surface area (Å²) in [6.45, 7) is 1.92. The van der Waals surface area contributed by atoms with Gasteiger partial charge >= 0.3 is 0 Å². The average molecular weight is 404 g/mol. The zero-order valence-electron chi connectivity index (χ0n) is 16.1. The minimum absolute atomic E-state index is 0.230. The molecule has 4 aromatic carbocycles. The Hall–Kier alpha value is -3.31. The van der Waals surface area contributed by atoms with Crippen LogP contribution in [0.15, 0.2) is 94.7 Å². The molecule has 29 heavy (non-hydrogen) atoms. The third-order valence-corrected chi connectivity index (χ3v) is 6.54. The molecule has 4 nitrogen and oxygen atoms in total. The number of benzene rings is 4. The van der Waals surface area contributed by atoms with Crippen LogP contribution in [0.3, 0.4) is 0 Å². The zero-order valence-corrected chi connectivity index (χ0v) is 16.9. The summed E-state index contributed by atoms with van der Waals surface area (Å²) >= 11 is 0. The Morgan fingerprint density at radius 1 is 0.655 bits per heavy atom. The predicted octanol–water partition coefficient (Wildman–Crippen LogP) is 5.78. The van der Waals surface area contributed by atoms with Crippen molar-refractivity contribution in [2.75, 3.05) is 7.11 Å². The SMILES string of the molecule is COc1cccc2c(Oc3ccc(S(=O)(=O)c4ccc(C)cc4)cc3)cccc12. The molecule has 0 fully saturated rings. The molecular formula is C24H20O4S. The summed E-state index contributed by atoms with van der Waals surface area (Å²) < 4.78 is 37.1. The number of hydrogen-bond donors (Lipinski definition) is 0. The average Bonchev–Trinajstić information content (AvgIpc) is 2.74. The zero-order chi connectivity index (χ0) is 20.4. The molecule has 0 saturated heterocycles. The number of hydrogen-bond acceptors (Lipinski definition) is 4. The lowest BCUT2D eigenvalue weighted by Crippen LogP contribution is -2.01. The van der Waals surface area contributed by atoms with E-state index in [1.807, 2.05) is 43.3 Å². The van der Waals surface area contributed by atoms with Crippen LogP contribution < -0.4 is 9.47 Å². The molecule has 0 amide bonds. The Labute approximate surface area is 170 Å². The van der Waals surface area contributed by atoms with E-state index in [1.165, 1.54) is 0 Å². The lowest BCUT2D eigenvalue weighted by Gasteiger charge is -2.12. The van der Waals surface area contributed by atoms with Gasteiger partial charge < -0.3 is 9.47 Å². The van der Waals surface area contributed by atoms with Gasteiger partial charge in [0.15, 0.2) is 0 Å². The number of ether oxygens (including phenoxy) is 2. The number of methoxy groups -OCH3 is 1. The molecular weight excluding hydrogens is 384 g/mol. The Morgan fingerprint density at radius 2 is 1.17 bits per heavy atom. The quantitative estimate of drug-likeness (QED) is 0.423. The number of fused-ring (bicyclic) bond motifs is 1. The fourth-order valence-electron chi connectivity index (χ4n) is 3.19. The van der Waals surface area contributed by atoms with Gasteiger partial charge in [0.25, 0.3) is 0 Å². The van der Waals surface area contributed by atoms with E-state index in [4.69, 9.17) is 9.47 Å². The summed E-state index contributed by atoms with van der Waals surface area (Å²) in [7, 11) is -1.93. The van der Waals surface area contributed by atoms with Crippen molar-refractivity contribution in [3.05, 3.63) is 90.5 Å². The smallest absolute Gasteiger partial charge is 0.206 e. The first-order chi connectivity index (χ1) is 14.0. The molecule has 0 bridgehead atoms. The van der Waals surface area contributed by atoms with Crippen LogP contribution in [0.25, 0.3) is 10.8 Å². The molecule has 0 unspecified atom stereocenters. The molecule has 0 aromatic heterocycles. The third kappa shape index (κ3) is 3.69. The van der Waals surface area contributed by atoms with Crippen molar-refractivity contribution >= 4 is 20.6 Å². The van der Waals surface area contributed by atoms with Gasteiger partial charge in [-0.1, -0.05) is 42.0 Å². The highest BCUT2D eigenvalue weighted by Gasteiger charge is 2.17. The maximum Gasteiger partial charge on any atom is 0.206 e. The van der Waals surface area contributed by atoms with Crippen LogP contribution in [0.4, 0.5) is 0 Å². The summed E-state index contributed by atoms with van der Waals surface area (Å²) in [4.78, 5) is 0.506. The van der Waals surface area contributed by atoms with Crippen molar-refractivity contribution in [1.29, 1.82) is 0 Å². The van der Waals surface area contributed by atoms with Crippen LogP contribution in [0.2, 0.25) is 0 Å². The second-order valence-electron chi connectivity index (χ2n) is 6.70. The molecule has 0 atom stereocenters. The molecule has 0 spiro atoms. The van der Waals surface area contributed by atoms with E-state index in [-0.39, 0.29) is 9.79 Å². The van der Waals surface area contributed by atoms with Crippen molar-refractivity contribution in [1.82, 2.24) is 0 Å². The summed E-state index contributed by atoms with van der Waals surface area (Å²) in [5.41, 5.74) is 1.01. The van der Waals surface area contributed by atoms with Gasteiger partial charge in [-0.2, -0.15) is 0 Å². The number of sulfone groups is 1. The van der Waals surface area contributed by atoms with Crippen molar-refractivity contribution in [3.8, 4) is 17.2 Å². The van der Waals surface area contributed by atoms with Gasteiger partial charge in [0.1, 0.15) is 17.2 Å². The second-order valence-corrected chi connectivity index (χ2v) is 8.65. The molecule has 0 aliphatic heterocycles. The first-order valence-electron chi connectivity index (χ1n) is 9.14. The molecule has 0 radical (unpaired) electrons. The lowest BCUT2D eigenvalue weighted by atomic mass is 10.1. The van der Waals surface area contributed by atoms with Crippen molar-refractivity contribution < 1.29 is 17.9 Å². The molecule has 0 saturated carbocycles. The molecule has 0 N–H and O–H groups in total. The summed E-state index contributed by atoms with van der Waals surface area (Å²) in [5.74, 6) is 2.01. The lowest BCUT2D eigenvalue weighted by molar-refractivity contribution is 0.419. The minimum Gasteiger partial charge on any atom is -0.496 e. The van der Waals surface area contributed by atoms with Gasteiger partial charge in [-0.05, 0) is 55.5 Å². The van der Waals surface area contributed by atoms with E-state index < -0.39 is 9.84 Å². The minimum atomic E-state index is -3.56. The second kappa shape index (κ2) is 7.60. The molecule has 5 heteroatoms. The predicted molar refractivity (Wildman–Crippen MR) is 114 cm³/mol. The van der Waals surface area contributed by atoms with Gasteiger partial charge in [0.2, 0.25) is 9.84 Å². The fraction of sp³-hybridized carbons (Fsp3) is 0.0833. The number of aryl methyl sites for hydroxylation is 1. The van der Waals surface area contributed by atoms with Crippen LogP contribution >= 0.6 is 0 Å². The fourth-order valence-corrected chi connectivity index (χ4v) is 4.45. The Kier molecular flexibility index (Phi) is 4.99. The van der Waals surface area contributed by atoms with Crippen LogP contribution in [0, 0.1) is 6.92 Å². The van der Waals surface area contributed by atoms with Gasteiger partial charge in [-0.15, -0.1) is 0 Å². The third-order valence-electron chi connectivity index (χ3n) is 4.76. The van der Waals surface area contributed by atoms with Crippen LogP contribution in [-0.2, 0) is 9.84 Å². The maximum absolute atomic E-state index is 12.8. The van der Waals surface area contributed by atoms with Crippen LogP contribution in [0.5, 0.6) is 17.2 Å². The molecule has 4 rings (SSSR count). The van der Waals surface area contributed by atoms with Crippen LogP contribution in [-0.4, -0.2) is 15.5 Å². The van der Waals surface area contributed by atoms with Crippen LogP contribution in [0.1, 0.15) is 5.56 Å². The normalized spacial score (nSPS) is 11.4. The van der Waals surface area contributed by atoms with E-state index in [0.717, 1.165) is 22.1 Å². The summed E-state index contributed by atoms with van der Waals surface area (Å²) in [6, 6.07) is 24.8. The van der Waals surface area contributed by atoms with Gasteiger partial charge in [0, 0.05) is 10.8 Å². The van der Waals surface area contributed by atoms with E-state index in [9.17, 15) is 8.42 Å².